The highest BCUT2D eigenvalue weighted by molar-refractivity contribution is 6.33. The van der Waals surface area contributed by atoms with Gasteiger partial charge in [0.1, 0.15) is 0 Å². The van der Waals surface area contributed by atoms with Gasteiger partial charge in [-0.25, -0.2) is 0 Å². The first-order chi connectivity index (χ1) is 6.15. The normalized spacial score (nSPS) is 10.0. The van der Waals surface area contributed by atoms with Crippen molar-refractivity contribution in [2.24, 2.45) is 5.73 Å². The number of hydrogen-bond acceptors (Lipinski definition) is 3. The predicted octanol–water partition coefficient (Wildman–Crippen LogP) is 1.45. The van der Waals surface area contributed by atoms with Gasteiger partial charge in [-0.3, -0.25) is 4.79 Å². The topological polar surface area (TPSA) is 69.1 Å². The Labute approximate surface area is 81.7 Å². The van der Waals surface area contributed by atoms with Crippen molar-refractivity contribution in [1.82, 2.24) is 0 Å². The molecule has 0 unspecified atom stereocenters. The van der Waals surface area contributed by atoms with E-state index in [1.807, 2.05) is 0 Å². The molecule has 0 amide bonds. The number of halogens is 1. The van der Waals surface area contributed by atoms with Gasteiger partial charge in [0.05, 0.1) is 10.7 Å². The predicted molar refractivity (Wildman–Crippen MR) is 53.9 cm³/mol. The Morgan fingerprint density at radius 2 is 2.15 bits per heavy atom. The first-order valence-electron chi connectivity index (χ1n) is 3.93. The maximum Gasteiger partial charge on any atom is 0.164 e. The summed E-state index contributed by atoms with van der Waals surface area (Å²) < 4.78 is 0. The average molecular weight is 199 g/mol. The molecule has 4 N–H and O–H groups in total. The van der Waals surface area contributed by atoms with Crippen molar-refractivity contribution in [2.45, 2.75) is 6.42 Å². The van der Waals surface area contributed by atoms with E-state index in [4.69, 9.17) is 23.1 Å². The van der Waals surface area contributed by atoms with Crippen LogP contribution in [-0.2, 0) is 0 Å². The number of rotatable bonds is 3. The third-order valence-corrected chi connectivity index (χ3v) is 2.03. The number of ketones is 1. The Bertz CT molecular complexity index is 325. The van der Waals surface area contributed by atoms with Crippen molar-refractivity contribution in [1.29, 1.82) is 0 Å². The maximum atomic E-state index is 11.3. The van der Waals surface area contributed by atoms with Crippen LogP contribution < -0.4 is 11.5 Å². The Kier molecular flexibility index (Phi) is 3.28. The summed E-state index contributed by atoms with van der Waals surface area (Å²) in [5, 5.41) is 0.462. The zero-order valence-electron chi connectivity index (χ0n) is 7.09. The molecule has 0 aliphatic heterocycles. The molecule has 1 rings (SSSR count). The van der Waals surface area contributed by atoms with Crippen LogP contribution in [0.2, 0.25) is 5.02 Å². The fourth-order valence-corrected chi connectivity index (χ4v) is 1.11. The highest BCUT2D eigenvalue weighted by Crippen LogP contribution is 2.19. The molecule has 0 bridgehead atoms. The van der Waals surface area contributed by atoms with Crippen molar-refractivity contribution in [3.8, 4) is 0 Å². The first-order valence-corrected chi connectivity index (χ1v) is 4.31. The van der Waals surface area contributed by atoms with Crippen molar-refractivity contribution in [3.63, 3.8) is 0 Å². The Hall–Kier alpha value is -1.06. The van der Waals surface area contributed by atoms with Crippen LogP contribution in [0, 0.1) is 0 Å². The number of hydrogen-bond donors (Lipinski definition) is 2. The highest BCUT2D eigenvalue weighted by atomic mass is 35.5. The van der Waals surface area contributed by atoms with E-state index in [2.05, 4.69) is 0 Å². The van der Waals surface area contributed by atoms with Gasteiger partial charge >= 0.3 is 0 Å². The van der Waals surface area contributed by atoms with Crippen LogP contribution in [0.5, 0.6) is 0 Å². The summed E-state index contributed by atoms with van der Waals surface area (Å²) in [5.74, 6) is -0.00846. The summed E-state index contributed by atoms with van der Waals surface area (Å²) >= 11 is 5.70. The molecule has 13 heavy (non-hydrogen) atoms. The molecule has 0 atom stereocenters. The Morgan fingerprint density at radius 1 is 1.46 bits per heavy atom. The number of anilines is 1. The molecule has 0 saturated heterocycles. The standard InChI is InChI=1S/C9H11ClN2O/c10-7-2-1-6(5-8(7)12)9(13)3-4-11/h1-2,5H,3-4,11-12H2. The minimum absolute atomic E-state index is 0.00846. The summed E-state index contributed by atoms with van der Waals surface area (Å²) in [7, 11) is 0. The van der Waals surface area contributed by atoms with Gasteiger partial charge in [0.25, 0.3) is 0 Å². The first kappa shape index (κ1) is 10.0. The van der Waals surface area contributed by atoms with Gasteiger partial charge in [-0.05, 0) is 24.7 Å². The summed E-state index contributed by atoms with van der Waals surface area (Å²) in [4.78, 5) is 11.3. The van der Waals surface area contributed by atoms with E-state index < -0.39 is 0 Å². The summed E-state index contributed by atoms with van der Waals surface area (Å²) in [5.41, 5.74) is 11.8. The van der Waals surface area contributed by atoms with E-state index in [9.17, 15) is 4.79 Å². The van der Waals surface area contributed by atoms with Crippen LogP contribution in [0.1, 0.15) is 16.8 Å². The fraction of sp³-hybridized carbons (Fsp3) is 0.222. The molecule has 0 spiro atoms. The van der Waals surface area contributed by atoms with Crippen molar-refractivity contribution in [3.05, 3.63) is 28.8 Å². The Morgan fingerprint density at radius 3 is 2.69 bits per heavy atom. The largest absolute Gasteiger partial charge is 0.398 e. The second-order valence-corrected chi connectivity index (χ2v) is 3.11. The zero-order chi connectivity index (χ0) is 9.84. The van der Waals surface area contributed by atoms with Crippen LogP contribution in [0.4, 0.5) is 5.69 Å². The molecule has 0 aliphatic rings. The van der Waals surface area contributed by atoms with Gasteiger partial charge in [0, 0.05) is 12.0 Å². The van der Waals surface area contributed by atoms with Gasteiger partial charge < -0.3 is 11.5 Å². The zero-order valence-corrected chi connectivity index (χ0v) is 7.84. The van der Waals surface area contributed by atoms with E-state index in [-0.39, 0.29) is 5.78 Å². The molecule has 3 nitrogen and oxygen atoms in total. The van der Waals surface area contributed by atoms with Crippen molar-refractivity contribution >= 4 is 23.1 Å². The number of carbonyl (C=O) groups is 1. The summed E-state index contributed by atoms with van der Waals surface area (Å²) in [6.45, 7) is 0.349. The molecule has 0 fully saturated rings. The molecular weight excluding hydrogens is 188 g/mol. The summed E-state index contributed by atoms with van der Waals surface area (Å²) in [6, 6.07) is 4.83. The molecule has 0 aromatic heterocycles. The number of nitrogens with two attached hydrogens (primary N) is 2. The number of carbonyl (C=O) groups excluding carboxylic acids is 1. The lowest BCUT2D eigenvalue weighted by molar-refractivity contribution is 0.0985. The lowest BCUT2D eigenvalue weighted by atomic mass is 10.1. The monoisotopic (exact) mass is 198 g/mol. The van der Waals surface area contributed by atoms with Gasteiger partial charge in [-0.2, -0.15) is 0 Å². The van der Waals surface area contributed by atoms with E-state index in [0.29, 0.717) is 29.2 Å². The third kappa shape index (κ3) is 2.44. The van der Waals surface area contributed by atoms with Crippen LogP contribution in [0.25, 0.3) is 0 Å². The summed E-state index contributed by atoms with van der Waals surface area (Å²) in [6.07, 6.45) is 0.334. The van der Waals surface area contributed by atoms with E-state index in [0.717, 1.165) is 0 Å². The number of benzene rings is 1. The second kappa shape index (κ2) is 4.25. The minimum atomic E-state index is -0.00846. The van der Waals surface area contributed by atoms with Crippen LogP contribution >= 0.6 is 11.6 Å². The maximum absolute atomic E-state index is 11.3. The lowest BCUT2D eigenvalue weighted by Gasteiger charge is -2.01. The van der Waals surface area contributed by atoms with E-state index >= 15 is 0 Å². The van der Waals surface area contributed by atoms with Gasteiger partial charge in [-0.15, -0.1) is 0 Å². The lowest BCUT2D eigenvalue weighted by Crippen LogP contribution is -2.08. The third-order valence-electron chi connectivity index (χ3n) is 1.69. The molecule has 4 heteroatoms. The van der Waals surface area contributed by atoms with Gasteiger partial charge in [-0.1, -0.05) is 11.6 Å². The van der Waals surface area contributed by atoms with Crippen molar-refractivity contribution < 1.29 is 4.79 Å². The fourth-order valence-electron chi connectivity index (χ4n) is 0.993. The van der Waals surface area contributed by atoms with Crippen LogP contribution in [0.3, 0.4) is 0 Å². The Balaban J connectivity index is 2.90. The van der Waals surface area contributed by atoms with Gasteiger partial charge in [0.2, 0.25) is 0 Å². The van der Waals surface area contributed by atoms with Crippen LogP contribution in [0.15, 0.2) is 18.2 Å². The molecule has 70 valence electrons. The molecule has 1 aromatic rings. The number of nitrogen functional groups attached to an aromatic ring is 1. The smallest absolute Gasteiger partial charge is 0.164 e. The van der Waals surface area contributed by atoms with Gasteiger partial charge in [0.15, 0.2) is 5.78 Å². The molecule has 1 aromatic carbocycles. The molecule has 0 heterocycles. The highest BCUT2D eigenvalue weighted by Gasteiger charge is 2.05. The van der Waals surface area contributed by atoms with E-state index in [1.54, 1.807) is 18.2 Å². The molecule has 0 aliphatic carbocycles. The molecular formula is C9H11ClN2O. The van der Waals surface area contributed by atoms with E-state index in [1.165, 1.54) is 0 Å². The van der Waals surface area contributed by atoms with Crippen molar-refractivity contribution in [2.75, 3.05) is 12.3 Å². The second-order valence-electron chi connectivity index (χ2n) is 2.70. The quantitative estimate of drug-likeness (QED) is 0.571. The SMILES string of the molecule is NCCC(=O)c1ccc(Cl)c(N)c1. The minimum Gasteiger partial charge on any atom is -0.398 e. The molecule has 0 saturated carbocycles. The molecule has 0 radical (unpaired) electrons. The number of Topliss-reactive ketones (excluding diaryl/α,β-unsaturated/α-hetero) is 1. The van der Waals surface area contributed by atoms with Crippen LogP contribution in [-0.4, -0.2) is 12.3 Å². The average Bonchev–Trinajstić information content (AvgIpc) is 2.10.